The summed E-state index contributed by atoms with van der Waals surface area (Å²) in [6.07, 6.45) is 0.859. The molecule has 2 N–H and O–H groups in total. The van der Waals surface area contributed by atoms with Crippen molar-refractivity contribution in [1.29, 1.82) is 5.26 Å². The van der Waals surface area contributed by atoms with Gasteiger partial charge in [0.2, 0.25) is 5.91 Å². The van der Waals surface area contributed by atoms with Gasteiger partial charge >= 0.3 is 0 Å². The third-order valence-electron chi connectivity index (χ3n) is 3.07. The summed E-state index contributed by atoms with van der Waals surface area (Å²) in [4.78, 5) is 12.1. The second kappa shape index (κ2) is 5.09. The number of amides is 1. The molecule has 0 bridgehead atoms. The molecule has 2 rings (SSSR count). The number of hydrogen-bond donors (Lipinski definition) is 2. The molecular formula is C14H17N3O. The van der Waals surface area contributed by atoms with Gasteiger partial charge in [0.05, 0.1) is 28.9 Å². The molecule has 1 aliphatic heterocycles. The first-order valence-corrected chi connectivity index (χ1v) is 6.19. The van der Waals surface area contributed by atoms with E-state index in [1.165, 1.54) is 0 Å². The van der Waals surface area contributed by atoms with Gasteiger partial charge in [0.1, 0.15) is 0 Å². The van der Waals surface area contributed by atoms with Crippen molar-refractivity contribution in [1.82, 2.24) is 0 Å². The van der Waals surface area contributed by atoms with Gasteiger partial charge in [-0.05, 0) is 30.5 Å². The Hall–Kier alpha value is -2.02. The van der Waals surface area contributed by atoms with Crippen LogP contribution >= 0.6 is 0 Å². The third kappa shape index (κ3) is 2.62. The van der Waals surface area contributed by atoms with Gasteiger partial charge in [-0.15, -0.1) is 0 Å². The number of fused-ring (bicyclic) bond motifs is 1. The van der Waals surface area contributed by atoms with Crippen molar-refractivity contribution in [3.8, 4) is 6.07 Å². The van der Waals surface area contributed by atoms with E-state index in [1.807, 2.05) is 0 Å². The summed E-state index contributed by atoms with van der Waals surface area (Å²) < 4.78 is 0. The molecule has 0 spiro atoms. The Morgan fingerprint density at radius 1 is 1.44 bits per heavy atom. The minimum atomic E-state index is -0.0251. The lowest BCUT2D eigenvalue weighted by atomic mass is 9.96. The zero-order valence-electron chi connectivity index (χ0n) is 10.7. The van der Waals surface area contributed by atoms with E-state index < -0.39 is 0 Å². The van der Waals surface area contributed by atoms with Gasteiger partial charge in [-0.25, -0.2) is 0 Å². The van der Waals surface area contributed by atoms with Gasteiger partial charge in [0, 0.05) is 6.54 Å². The van der Waals surface area contributed by atoms with Crippen LogP contribution in [0.15, 0.2) is 18.2 Å². The normalized spacial score (nSPS) is 18.3. The first-order chi connectivity index (χ1) is 8.60. The van der Waals surface area contributed by atoms with Crippen molar-refractivity contribution < 1.29 is 4.79 Å². The highest BCUT2D eigenvalue weighted by atomic mass is 16.1. The van der Waals surface area contributed by atoms with Crippen LogP contribution in [0.25, 0.3) is 0 Å². The van der Waals surface area contributed by atoms with Crippen LogP contribution in [0.4, 0.5) is 11.4 Å². The molecule has 94 valence electrons. The Bertz CT molecular complexity index is 502. The Morgan fingerprint density at radius 2 is 2.22 bits per heavy atom. The molecule has 0 saturated carbocycles. The molecule has 0 aromatic heterocycles. The average molecular weight is 243 g/mol. The first-order valence-electron chi connectivity index (χ1n) is 6.19. The molecule has 1 heterocycles. The summed E-state index contributed by atoms with van der Waals surface area (Å²) in [6, 6.07) is 7.36. The van der Waals surface area contributed by atoms with Crippen LogP contribution in [-0.4, -0.2) is 12.5 Å². The van der Waals surface area contributed by atoms with Crippen LogP contribution in [0, 0.1) is 23.2 Å². The van der Waals surface area contributed by atoms with Gasteiger partial charge in [-0.1, -0.05) is 13.8 Å². The van der Waals surface area contributed by atoms with Gasteiger partial charge in [0.25, 0.3) is 0 Å². The van der Waals surface area contributed by atoms with Crippen LogP contribution in [0.3, 0.4) is 0 Å². The standard InChI is InChI=1S/C14H17N3O/c1-9(2)5-11-8-16-13-6-10(7-15)3-4-12(13)17-14(11)18/h3-4,6,9,11,16H,5,8H2,1-2H3,(H,17,18). The molecule has 4 nitrogen and oxygen atoms in total. The maximum Gasteiger partial charge on any atom is 0.229 e. The van der Waals surface area contributed by atoms with Gasteiger partial charge in [-0.2, -0.15) is 5.26 Å². The second-order valence-electron chi connectivity index (χ2n) is 5.07. The lowest BCUT2D eigenvalue weighted by molar-refractivity contribution is -0.119. The summed E-state index contributed by atoms with van der Waals surface area (Å²) in [6.45, 7) is 4.84. The monoisotopic (exact) mass is 243 g/mol. The molecular weight excluding hydrogens is 226 g/mol. The quantitative estimate of drug-likeness (QED) is 0.839. The Morgan fingerprint density at radius 3 is 2.89 bits per heavy atom. The predicted molar refractivity (Wildman–Crippen MR) is 71.2 cm³/mol. The molecule has 0 saturated heterocycles. The fraction of sp³-hybridized carbons (Fsp3) is 0.429. The van der Waals surface area contributed by atoms with Crippen LogP contribution in [0.5, 0.6) is 0 Å². The highest BCUT2D eigenvalue weighted by molar-refractivity contribution is 5.97. The molecule has 1 aliphatic rings. The van der Waals surface area contributed by atoms with E-state index >= 15 is 0 Å². The summed E-state index contributed by atoms with van der Waals surface area (Å²) >= 11 is 0. The molecule has 0 radical (unpaired) electrons. The molecule has 1 unspecified atom stereocenters. The van der Waals surface area contributed by atoms with Gasteiger partial charge in [0.15, 0.2) is 0 Å². The number of anilines is 2. The molecule has 1 aromatic rings. The molecule has 4 heteroatoms. The van der Waals surface area contributed by atoms with Crippen LogP contribution in [0.2, 0.25) is 0 Å². The fourth-order valence-electron chi connectivity index (χ4n) is 2.19. The van der Waals surface area contributed by atoms with E-state index in [0.717, 1.165) is 17.8 Å². The van der Waals surface area contributed by atoms with Crippen LogP contribution in [0.1, 0.15) is 25.8 Å². The molecule has 1 amide bonds. The van der Waals surface area contributed by atoms with Gasteiger partial charge < -0.3 is 10.6 Å². The summed E-state index contributed by atoms with van der Waals surface area (Å²) in [5, 5.41) is 15.0. The summed E-state index contributed by atoms with van der Waals surface area (Å²) in [7, 11) is 0. The topological polar surface area (TPSA) is 64.9 Å². The number of nitriles is 1. The van der Waals surface area contributed by atoms with Crippen molar-refractivity contribution in [2.75, 3.05) is 17.2 Å². The van der Waals surface area contributed by atoms with E-state index in [4.69, 9.17) is 5.26 Å². The minimum absolute atomic E-state index is 0.0251. The number of carbonyl (C=O) groups is 1. The van der Waals surface area contributed by atoms with Crippen molar-refractivity contribution in [3.05, 3.63) is 23.8 Å². The highest BCUT2D eigenvalue weighted by Gasteiger charge is 2.24. The van der Waals surface area contributed by atoms with E-state index in [2.05, 4.69) is 30.6 Å². The maximum atomic E-state index is 12.1. The molecule has 0 fully saturated rings. The first kappa shape index (κ1) is 12.4. The number of benzene rings is 1. The van der Waals surface area contributed by atoms with Crippen molar-refractivity contribution >= 4 is 17.3 Å². The van der Waals surface area contributed by atoms with E-state index in [1.54, 1.807) is 18.2 Å². The van der Waals surface area contributed by atoms with E-state index in [-0.39, 0.29) is 11.8 Å². The highest BCUT2D eigenvalue weighted by Crippen LogP contribution is 2.28. The lowest BCUT2D eigenvalue weighted by Crippen LogP contribution is -2.27. The van der Waals surface area contributed by atoms with Crippen molar-refractivity contribution in [2.24, 2.45) is 11.8 Å². The summed E-state index contributed by atoms with van der Waals surface area (Å²) in [5.74, 6) is 0.515. The predicted octanol–water partition coefficient (Wildman–Crippen LogP) is 2.58. The number of nitrogens with zero attached hydrogens (tertiary/aromatic N) is 1. The van der Waals surface area contributed by atoms with E-state index in [0.29, 0.717) is 18.0 Å². The second-order valence-corrected chi connectivity index (χ2v) is 5.07. The number of rotatable bonds is 2. The zero-order chi connectivity index (χ0) is 13.1. The minimum Gasteiger partial charge on any atom is -0.383 e. The largest absolute Gasteiger partial charge is 0.383 e. The molecule has 1 atom stereocenters. The Labute approximate surface area is 107 Å². The molecule has 1 aromatic carbocycles. The van der Waals surface area contributed by atoms with Gasteiger partial charge in [-0.3, -0.25) is 4.79 Å². The molecule has 0 aliphatic carbocycles. The molecule has 18 heavy (non-hydrogen) atoms. The zero-order valence-corrected chi connectivity index (χ0v) is 10.7. The van der Waals surface area contributed by atoms with Crippen molar-refractivity contribution in [3.63, 3.8) is 0 Å². The number of nitrogens with one attached hydrogen (secondary N) is 2. The average Bonchev–Trinajstić information content (AvgIpc) is 2.48. The Balaban J connectivity index is 2.22. The van der Waals surface area contributed by atoms with Crippen LogP contribution < -0.4 is 10.6 Å². The van der Waals surface area contributed by atoms with E-state index in [9.17, 15) is 4.79 Å². The summed E-state index contributed by atoms with van der Waals surface area (Å²) in [5.41, 5.74) is 2.18. The third-order valence-corrected chi connectivity index (χ3v) is 3.07. The number of carbonyl (C=O) groups excluding carboxylic acids is 1. The fourth-order valence-corrected chi connectivity index (χ4v) is 2.19. The van der Waals surface area contributed by atoms with Crippen molar-refractivity contribution in [2.45, 2.75) is 20.3 Å². The van der Waals surface area contributed by atoms with Crippen LogP contribution in [-0.2, 0) is 4.79 Å². The Kier molecular flexibility index (Phi) is 3.52. The smallest absolute Gasteiger partial charge is 0.229 e. The number of hydrogen-bond acceptors (Lipinski definition) is 3. The SMILES string of the molecule is CC(C)CC1CNc2cc(C#N)ccc2NC1=O. The lowest BCUT2D eigenvalue weighted by Gasteiger charge is -2.15. The maximum absolute atomic E-state index is 12.1.